The molecule has 4 rings (SSSR count). The van der Waals surface area contributed by atoms with Gasteiger partial charge < -0.3 is 14.6 Å². The fourth-order valence-corrected chi connectivity index (χ4v) is 3.50. The molecular weight excluding hydrogens is 316 g/mol. The largest absolute Gasteiger partial charge is 0.493 e. The second-order valence-corrected chi connectivity index (χ2v) is 5.83. The van der Waals surface area contributed by atoms with Gasteiger partial charge in [0.05, 0.1) is 19.8 Å². The van der Waals surface area contributed by atoms with E-state index in [1.807, 2.05) is 48.5 Å². The molecule has 25 heavy (non-hydrogen) atoms. The standard InChI is InChI=1S/C21H16O4/c1-24-18-10-9-14-15-8-7-12-5-3-4-6-13(12)19(15)17(21(22)23)11-16(14)20(18)25-2/h3-11H,1-2H3,(H,22,23). The van der Waals surface area contributed by atoms with Gasteiger partial charge in [-0.2, -0.15) is 0 Å². The molecule has 0 aromatic heterocycles. The molecule has 0 fully saturated rings. The van der Waals surface area contributed by atoms with Crippen LogP contribution in [0.1, 0.15) is 10.4 Å². The van der Waals surface area contributed by atoms with Crippen LogP contribution >= 0.6 is 0 Å². The van der Waals surface area contributed by atoms with E-state index in [9.17, 15) is 9.90 Å². The number of carbonyl (C=O) groups is 1. The molecule has 0 aliphatic carbocycles. The van der Waals surface area contributed by atoms with Crippen molar-refractivity contribution >= 4 is 38.3 Å². The van der Waals surface area contributed by atoms with Crippen LogP contribution in [-0.4, -0.2) is 25.3 Å². The Morgan fingerprint density at radius 2 is 1.60 bits per heavy atom. The molecule has 0 spiro atoms. The fourth-order valence-electron chi connectivity index (χ4n) is 3.50. The Bertz CT molecular complexity index is 1150. The summed E-state index contributed by atoms with van der Waals surface area (Å²) in [7, 11) is 3.12. The van der Waals surface area contributed by atoms with Crippen LogP contribution in [0.5, 0.6) is 11.5 Å². The van der Waals surface area contributed by atoms with E-state index in [1.54, 1.807) is 20.3 Å². The first-order valence-corrected chi connectivity index (χ1v) is 7.88. The van der Waals surface area contributed by atoms with E-state index >= 15 is 0 Å². The summed E-state index contributed by atoms with van der Waals surface area (Å²) in [6.45, 7) is 0. The van der Waals surface area contributed by atoms with E-state index in [1.165, 1.54) is 0 Å². The van der Waals surface area contributed by atoms with Gasteiger partial charge in [-0.3, -0.25) is 0 Å². The third-order valence-corrected chi connectivity index (χ3v) is 4.59. The number of carboxylic acids is 1. The van der Waals surface area contributed by atoms with Crippen LogP contribution in [0, 0.1) is 0 Å². The molecule has 1 N–H and O–H groups in total. The van der Waals surface area contributed by atoms with Gasteiger partial charge in [-0.05, 0) is 39.7 Å². The zero-order valence-electron chi connectivity index (χ0n) is 13.9. The van der Waals surface area contributed by atoms with Gasteiger partial charge >= 0.3 is 5.97 Å². The lowest BCUT2D eigenvalue weighted by atomic mass is 9.92. The molecule has 0 aliphatic rings. The Morgan fingerprint density at radius 1 is 0.840 bits per heavy atom. The van der Waals surface area contributed by atoms with E-state index in [0.29, 0.717) is 11.5 Å². The van der Waals surface area contributed by atoms with Gasteiger partial charge in [-0.1, -0.05) is 36.4 Å². The highest BCUT2D eigenvalue weighted by Gasteiger charge is 2.18. The molecular formula is C21H16O4. The van der Waals surface area contributed by atoms with Crippen LogP contribution in [0.3, 0.4) is 0 Å². The number of benzene rings is 4. The molecule has 4 heteroatoms. The zero-order chi connectivity index (χ0) is 17.6. The number of ether oxygens (including phenoxy) is 2. The number of fused-ring (bicyclic) bond motifs is 5. The van der Waals surface area contributed by atoms with E-state index in [2.05, 4.69) is 0 Å². The Labute approximate surface area is 144 Å². The Hall–Kier alpha value is -3.27. The van der Waals surface area contributed by atoms with Crippen molar-refractivity contribution in [1.82, 2.24) is 0 Å². The monoisotopic (exact) mass is 332 g/mol. The lowest BCUT2D eigenvalue weighted by molar-refractivity contribution is 0.0699. The highest BCUT2D eigenvalue weighted by atomic mass is 16.5. The first-order chi connectivity index (χ1) is 12.2. The minimum absolute atomic E-state index is 0.255. The van der Waals surface area contributed by atoms with Crippen molar-refractivity contribution in [2.24, 2.45) is 0 Å². The lowest BCUT2D eigenvalue weighted by Crippen LogP contribution is -2.00. The molecule has 4 nitrogen and oxygen atoms in total. The van der Waals surface area contributed by atoms with Crippen molar-refractivity contribution in [2.75, 3.05) is 14.2 Å². The normalized spacial score (nSPS) is 11.1. The van der Waals surface area contributed by atoms with Crippen LogP contribution in [0.2, 0.25) is 0 Å². The highest BCUT2D eigenvalue weighted by Crippen LogP contribution is 2.41. The molecule has 0 radical (unpaired) electrons. The Morgan fingerprint density at radius 3 is 2.32 bits per heavy atom. The summed E-state index contributed by atoms with van der Waals surface area (Å²) in [5.74, 6) is 0.150. The van der Waals surface area contributed by atoms with Gasteiger partial charge in [0.2, 0.25) is 0 Å². The van der Waals surface area contributed by atoms with Crippen molar-refractivity contribution in [1.29, 1.82) is 0 Å². The minimum atomic E-state index is -0.965. The number of rotatable bonds is 3. The fraction of sp³-hybridized carbons (Fsp3) is 0.0952. The quantitative estimate of drug-likeness (QED) is 0.544. The van der Waals surface area contributed by atoms with Crippen LogP contribution in [-0.2, 0) is 0 Å². The SMILES string of the molecule is COc1ccc2c(cc(C(=O)O)c3c4ccccc4ccc23)c1OC. The predicted octanol–water partition coefficient (Wildman–Crippen LogP) is 4.86. The first-order valence-electron chi connectivity index (χ1n) is 7.88. The topological polar surface area (TPSA) is 55.8 Å². The maximum absolute atomic E-state index is 12.0. The van der Waals surface area contributed by atoms with Crippen LogP contribution in [0.4, 0.5) is 0 Å². The smallest absolute Gasteiger partial charge is 0.336 e. The maximum atomic E-state index is 12.0. The molecule has 0 saturated heterocycles. The first kappa shape index (κ1) is 15.3. The van der Waals surface area contributed by atoms with E-state index < -0.39 is 5.97 Å². The third-order valence-electron chi connectivity index (χ3n) is 4.59. The predicted molar refractivity (Wildman–Crippen MR) is 99.0 cm³/mol. The second-order valence-electron chi connectivity index (χ2n) is 5.83. The van der Waals surface area contributed by atoms with Gasteiger partial charge in [0.25, 0.3) is 0 Å². The summed E-state index contributed by atoms with van der Waals surface area (Å²) >= 11 is 0. The summed E-state index contributed by atoms with van der Waals surface area (Å²) in [6, 6.07) is 17.3. The molecule has 0 amide bonds. The second kappa shape index (κ2) is 5.67. The van der Waals surface area contributed by atoms with Gasteiger partial charge in [0.1, 0.15) is 0 Å². The minimum Gasteiger partial charge on any atom is -0.493 e. The molecule has 0 unspecified atom stereocenters. The summed E-state index contributed by atoms with van der Waals surface area (Å²) in [4.78, 5) is 12.0. The van der Waals surface area contributed by atoms with Crippen molar-refractivity contribution < 1.29 is 19.4 Å². The van der Waals surface area contributed by atoms with E-state index in [0.717, 1.165) is 32.3 Å². The molecule has 0 aliphatic heterocycles. The molecule has 0 heterocycles. The Balaban J connectivity index is 2.29. The van der Waals surface area contributed by atoms with Crippen LogP contribution < -0.4 is 9.47 Å². The molecule has 0 atom stereocenters. The molecule has 4 aromatic carbocycles. The molecule has 0 bridgehead atoms. The summed E-state index contributed by atoms with van der Waals surface area (Å²) in [6.07, 6.45) is 0. The van der Waals surface area contributed by atoms with E-state index in [-0.39, 0.29) is 5.56 Å². The van der Waals surface area contributed by atoms with Gasteiger partial charge in [-0.25, -0.2) is 4.79 Å². The number of hydrogen-bond acceptors (Lipinski definition) is 3. The maximum Gasteiger partial charge on any atom is 0.336 e. The van der Waals surface area contributed by atoms with Crippen molar-refractivity contribution in [2.45, 2.75) is 0 Å². The average Bonchev–Trinajstić information content (AvgIpc) is 2.65. The zero-order valence-corrected chi connectivity index (χ0v) is 13.9. The van der Waals surface area contributed by atoms with Crippen LogP contribution in [0.15, 0.2) is 54.6 Å². The molecule has 0 saturated carbocycles. The summed E-state index contributed by atoms with van der Waals surface area (Å²) in [5.41, 5.74) is 0.255. The van der Waals surface area contributed by atoms with Gasteiger partial charge in [-0.15, -0.1) is 0 Å². The number of methoxy groups -OCH3 is 2. The van der Waals surface area contributed by atoms with Crippen molar-refractivity contribution in [3.63, 3.8) is 0 Å². The van der Waals surface area contributed by atoms with Gasteiger partial charge in [0.15, 0.2) is 11.5 Å². The average molecular weight is 332 g/mol. The van der Waals surface area contributed by atoms with Crippen molar-refractivity contribution in [3.05, 3.63) is 60.2 Å². The summed E-state index contributed by atoms with van der Waals surface area (Å²) < 4.78 is 10.9. The van der Waals surface area contributed by atoms with Crippen LogP contribution in [0.25, 0.3) is 32.3 Å². The number of aromatic carboxylic acids is 1. The number of carboxylic acid groups (broad SMARTS) is 1. The van der Waals surface area contributed by atoms with E-state index in [4.69, 9.17) is 9.47 Å². The lowest BCUT2D eigenvalue weighted by Gasteiger charge is -2.15. The number of hydrogen-bond donors (Lipinski definition) is 1. The van der Waals surface area contributed by atoms with Crippen molar-refractivity contribution in [3.8, 4) is 11.5 Å². The Kier molecular flexibility index (Phi) is 3.46. The third kappa shape index (κ3) is 2.18. The molecule has 124 valence electrons. The van der Waals surface area contributed by atoms with Gasteiger partial charge in [0, 0.05) is 10.8 Å². The highest BCUT2D eigenvalue weighted by molar-refractivity contribution is 6.24. The summed E-state index contributed by atoms with van der Waals surface area (Å²) in [5, 5.41) is 15.0. The molecule has 4 aromatic rings.